The summed E-state index contributed by atoms with van der Waals surface area (Å²) in [6.07, 6.45) is 0. The van der Waals surface area contributed by atoms with Crippen LogP contribution >= 0.6 is 0 Å². The van der Waals surface area contributed by atoms with E-state index in [1.807, 2.05) is 72.8 Å². The van der Waals surface area contributed by atoms with E-state index in [-0.39, 0.29) is 19.1 Å². The summed E-state index contributed by atoms with van der Waals surface area (Å²) in [7, 11) is 1.62. The highest BCUT2D eigenvalue weighted by Gasteiger charge is 2.27. The van der Waals surface area contributed by atoms with Crippen LogP contribution < -0.4 is 19.1 Å². The molecule has 32 heavy (non-hydrogen) atoms. The molecule has 0 aliphatic carbocycles. The van der Waals surface area contributed by atoms with Crippen LogP contribution in [-0.2, 0) is 11.3 Å². The van der Waals surface area contributed by atoms with E-state index < -0.39 is 0 Å². The Morgan fingerprint density at radius 2 is 1.62 bits per heavy atom. The first kappa shape index (κ1) is 19.6. The van der Waals surface area contributed by atoms with Gasteiger partial charge in [-0.15, -0.1) is 0 Å². The van der Waals surface area contributed by atoms with E-state index in [0.29, 0.717) is 34.7 Å². The largest absolute Gasteiger partial charge is 0.497 e. The standard InChI is InChI=1S/C24H19N3O5/c1-29-17-10-12-19(13-11-17)31-18-8-6-16(7-9-18)24-25-22(32-26-24)14-27-20-4-2-3-5-21(20)30-15-23(27)28/h2-13H,14-15H2,1H3. The van der Waals surface area contributed by atoms with Crippen LogP contribution in [-0.4, -0.2) is 29.8 Å². The third-order valence-electron chi connectivity index (χ3n) is 4.98. The zero-order chi connectivity index (χ0) is 21.9. The molecule has 0 radical (unpaired) electrons. The fourth-order valence-electron chi connectivity index (χ4n) is 3.35. The van der Waals surface area contributed by atoms with Crippen molar-refractivity contribution in [1.29, 1.82) is 0 Å². The van der Waals surface area contributed by atoms with Crippen LogP contribution in [0.15, 0.2) is 77.3 Å². The second-order valence-electron chi connectivity index (χ2n) is 7.05. The lowest BCUT2D eigenvalue weighted by Gasteiger charge is -2.27. The quantitative estimate of drug-likeness (QED) is 0.447. The van der Waals surface area contributed by atoms with E-state index in [1.165, 1.54) is 0 Å². The number of hydrogen-bond donors (Lipinski definition) is 0. The minimum atomic E-state index is -0.163. The summed E-state index contributed by atoms with van der Waals surface area (Å²) >= 11 is 0. The van der Waals surface area contributed by atoms with Gasteiger partial charge in [0.2, 0.25) is 11.7 Å². The average molecular weight is 429 g/mol. The van der Waals surface area contributed by atoms with Crippen LogP contribution in [0, 0.1) is 0 Å². The molecular weight excluding hydrogens is 410 g/mol. The number of carbonyl (C=O) groups excluding carboxylic acids is 1. The molecule has 1 aromatic heterocycles. The predicted octanol–water partition coefficient (Wildman–Crippen LogP) is 4.46. The number of rotatable bonds is 6. The number of hydrogen-bond acceptors (Lipinski definition) is 7. The van der Waals surface area contributed by atoms with Crippen molar-refractivity contribution in [3.63, 3.8) is 0 Å². The average Bonchev–Trinajstić information content (AvgIpc) is 3.31. The second kappa shape index (κ2) is 8.43. The van der Waals surface area contributed by atoms with Crippen LogP contribution in [0.25, 0.3) is 11.4 Å². The Hall–Kier alpha value is -4.33. The molecule has 4 aromatic rings. The van der Waals surface area contributed by atoms with Gasteiger partial charge in [-0.2, -0.15) is 4.98 Å². The number of amides is 1. The highest BCUT2D eigenvalue weighted by molar-refractivity contribution is 5.97. The topological polar surface area (TPSA) is 86.9 Å². The number of ether oxygens (including phenoxy) is 3. The van der Waals surface area contributed by atoms with Gasteiger partial charge in [-0.25, -0.2) is 0 Å². The molecule has 3 aromatic carbocycles. The number of carbonyl (C=O) groups is 1. The summed E-state index contributed by atoms with van der Waals surface area (Å²) in [5.41, 5.74) is 1.46. The molecule has 8 heteroatoms. The van der Waals surface area contributed by atoms with E-state index in [0.717, 1.165) is 11.3 Å². The maximum Gasteiger partial charge on any atom is 0.265 e. The Labute approximate surface area is 184 Å². The van der Waals surface area contributed by atoms with Gasteiger partial charge >= 0.3 is 0 Å². The number of fused-ring (bicyclic) bond motifs is 1. The Morgan fingerprint density at radius 3 is 2.38 bits per heavy atom. The summed E-state index contributed by atoms with van der Waals surface area (Å²) in [5, 5.41) is 4.06. The van der Waals surface area contributed by atoms with E-state index >= 15 is 0 Å². The predicted molar refractivity (Wildman–Crippen MR) is 116 cm³/mol. The summed E-state index contributed by atoms with van der Waals surface area (Å²) in [6.45, 7) is 0.151. The normalized spacial score (nSPS) is 12.8. The number of methoxy groups -OCH3 is 1. The highest BCUT2D eigenvalue weighted by Crippen LogP contribution is 2.32. The number of para-hydroxylation sites is 2. The van der Waals surface area contributed by atoms with Crippen molar-refractivity contribution < 1.29 is 23.5 Å². The molecule has 0 spiro atoms. The van der Waals surface area contributed by atoms with Gasteiger partial charge in [-0.3, -0.25) is 9.69 Å². The lowest BCUT2D eigenvalue weighted by atomic mass is 10.2. The van der Waals surface area contributed by atoms with Crippen molar-refractivity contribution in [2.45, 2.75) is 6.54 Å². The molecule has 0 saturated carbocycles. The summed E-state index contributed by atoms with van der Waals surface area (Å²) in [4.78, 5) is 18.4. The second-order valence-corrected chi connectivity index (χ2v) is 7.05. The molecule has 1 amide bonds. The first-order chi connectivity index (χ1) is 15.7. The molecule has 1 aliphatic heterocycles. The molecule has 2 heterocycles. The van der Waals surface area contributed by atoms with Crippen molar-refractivity contribution in [3.8, 4) is 34.4 Å². The van der Waals surface area contributed by atoms with Crippen molar-refractivity contribution in [3.05, 3.63) is 78.7 Å². The molecule has 8 nitrogen and oxygen atoms in total. The van der Waals surface area contributed by atoms with Crippen molar-refractivity contribution >= 4 is 11.6 Å². The molecular formula is C24H19N3O5. The molecule has 0 saturated heterocycles. The van der Waals surface area contributed by atoms with Crippen molar-refractivity contribution in [2.24, 2.45) is 0 Å². The van der Waals surface area contributed by atoms with Gasteiger partial charge in [0.05, 0.1) is 12.8 Å². The van der Waals surface area contributed by atoms with Crippen molar-refractivity contribution in [1.82, 2.24) is 10.1 Å². The van der Waals surface area contributed by atoms with Crippen molar-refractivity contribution in [2.75, 3.05) is 18.6 Å². The minimum absolute atomic E-state index is 0.0202. The fraction of sp³-hybridized carbons (Fsp3) is 0.125. The molecule has 0 atom stereocenters. The van der Waals surface area contributed by atoms with Crippen LogP contribution in [0.4, 0.5) is 5.69 Å². The third-order valence-corrected chi connectivity index (χ3v) is 4.98. The monoisotopic (exact) mass is 429 g/mol. The third kappa shape index (κ3) is 3.98. The highest BCUT2D eigenvalue weighted by atomic mass is 16.5. The molecule has 160 valence electrons. The number of anilines is 1. The summed E-state index contributed by atoms with van der Waals surface area (Å²) in [6, 6.07) is 22.1. The van der Waals surface area contributed by atoms with E-state index in [1.54, 1.807) is 12.0 Å². The van der Waals surface area contributed by atoms with Crippen LogP contribution in [0.5, 0.6) is 23.0 Å². The number of nitrogens with zero attached hydrogens (tertiary/aromatic N) is 3. The molecule has 0 fully saturated rings. The van der Waals surface area contributed by atoms with Gasteiger partial charge in [0.25, 0.3) is 5.91 Å². The summed E-state index contributed by atoms with van der Waals surface area (Å²) in [5.74, 6) is 3.41. The van der Waals surface area contributed by atoms with Gasteiger partial charge < -0.3 is 18.7 Å². The molecule has 0 bridgehead atoms. The van der Waals surface area contributed by atoms with Crippen LogP contribution in [0.3, 0.4) is 0 Å². The Balaban J connectivity index is 1.29. The zero-order valence-corrected chi connectivity index (χ0v) is 17.2. The Kier molecular flexibility index (Phi) is 5.17. The van der Waals surface area contributed by atoms with Crippen LogP contribution in [0.1, 0.15) is 5.89 Å². The summed E-state index contributed by atoms with van der Waals surface area (Å²) < 4.78 is 21.9. The first-order valence-corrected chi connectivity index (χ1v) is 9.97. The molecule has 1 aliphatic rings. The molecule has 0 unspecified atom stereocenters. The number of aromatic nitrogens is 2. The smallest absolute Gasteiger partial charge is 0.265 e. The fourth-order valence-corrected chi connectivity index (χ4v) is 3.35. The van der Waals surface area contributed by atoms with E-state index in [4.69, 9.17) is 18.7 Å². The van der Waals surface area contributed by atoms with Gasteiger partial charge in [0, 0.05) is 5.56 Å². The van der Waals surface area contributed by atoms with Gasteiger partial charge in [0.1, 0.15) is 29.5 Å². The molecule has 0 N–H and O–H groups in total. The molecule has 5 rings (SSSR count). The van der Waals surface area contributed by atoms with Gasteiger partial charge in [-0.1, -0.05) is 17.3 Å². The SMILES string of the molecule is COc1ccc(Oc2ccc(-c3noc(CN4C(=O)COc5ccccc54)n3)cc2)cc1. The number of benzene rings is 3. The van der Waals surface area contributed by atoms with E-state index in [2.05, 4.69) is 10.1 Å². The maximum absolute atomic E-state index is 12.4. The lowest BCUT2D eigenvalue weighted by Crippen LogP contribution is -2.38. The van der Waals surface area contributed by atoms with E-state index in [9.17, 15) is 4.79 Å². The maximum atomic E-state index is 12.4. The zero-order valence-electron chi connectivity index (χ0n) is 17.2. The minimum Gasteiger partial charge on any atom is -0.497 e. The van der Waals surface area contributed by atoms with Gasteiger partial charge in [-0.05, 0) is 60.7 Å². The lowest BCUT2D eigenvalue weighted by molar-refractivity contribution is -0.121. The van der Waals surface area contributed by atoms with Gasteiger partial charge in [0.15, 0.2) is 6.61 Å². The van der Waals surface area contributed by atoms with Crippen LogP contribution in [0.2, 0.25) is 0 Å². The Morgan fingerprint density at radius 1 is 0.938 bits per heavy atom. The first-order valence-electron chi connectivity index (χ1n) is 9.97. The Bertz CT molecular complexity index is 1240.